The number of aromatic nitrogens is 1. The number of nitrogens with one attached hydrogen (secondary N) is 1. The van der Waals surface area contributed by atoms with Crippen LogP contribution in [0.5, 0.6) is 5.75 Å². The molecule has 1 aromatic heterocycles. The number of aromatic amines is 1. The van der Waals surface area contributed by atoms with Crippen LogP contribution in [-0.4, -0.2) is 29.6 Å². The third kappa shape index (κ3) is 4.20. The molecule has 24 heavy (non-hydrogen) atoms. The number of hydrogen-bond acceptors (Lipinski definition) is 3. The molecule has 0 amide bonds. The fourth-order valence-electron chi connectivity index (χ4n) is 2.93. The number of hydrogen-bond donors (Lipinski definition) is 1. The molecule has 0 bridgehead atoms. The zero-order valence-electron chi connectivity index (χ0n) is 13.3. The van der Waals surface area contributed by atoms with E-state index in [0.29, 0.717) is 19.1 Å². The van der Waals surface area contributed by atoms with E-state index in [0.717, 1.165) is 49.7 Å². The molecule has 1 aromatic carbocycles. The fraction of sp³-hybridized carbons (Fsp3) is 0.389. The van der Waals surface area contributed by atoms with Crippen molar-refractivity contribution in [2.24, 2.45) is 5.92 Å². The van der Waals surface area contributed by atoms with Crippen LogP contribution in [0.25, 0.3) is 0 Å². The molecule has 128 valence electrons. The van der Waals surface area contributed by atoms with Crippen LogP contribution in [0.4, 0.5) is 8.78 Å². The van der Waals surface area contributed by atoms with Gasteiger partial charge in [0.1, 0.15) is 5.82 Å². The average Bonchev–Trinajstić information content (AvgIpc) is 2.59. The van der Waals surface area contributed by atoms with Gasteiger partial charge in [-0.1, -0.05) is 6.07 Å². The molecule has 1 aliphatic rings. The van der Waals surface area contributed by atoms with E-state index >= 15 is 0 Å². The molecule has 0 aliphatic carbocycles. The molecule has 0 spiro atoms. The Hall–Kier alpha value is -2.21. The van der Waals surface area contributed by atoms with E-state index in [9.17, 15) is 13.6 Å². The van der Waals surface area contributed by atoms with Crippen LogP contribution in [0, 0.1) is 17.6 Å². The molecule has 1 aliphatic heterocycles. The number of piperidine rings is 1. The second-order valence-corrected chi connectivity index (χ2v) is 6.13. The maximum Gasteiger partial charge on any atom is 0.252 e. The standard InChI is InChI=1S/C18H20F2N2O2/c19-15-3-4-16(20)17(10-15)24-12-13-5-8-22(9-6-13)11-14-2-1-7-21-18(14)23/h1-4,7,10,13H,5-6,8-9,11-12H2,(H,21,23). The van der Waals surface area contributed by atoms with Crippen molar-refractivity contribution < 1.29 is 13.5 Å². The van der Waals surface area contributed by atoms with Crippen molar-refractivity contribution >= 4 is 0 Å². The number of halogens is 2. The molecule has 3 rings (SSSR count). The quantitative estimate of drug-likeness (QED) is 0.914. The van der Waals surface area contributed by atoms with E-state index in [4.69, 9.17) is 4.74 Å². The van der Waals surface area contributed by atoms with Gasteiger partial charge in [0, 0.05) is 24.4 Å². The van der Waals surface area contributed by atoms with Gasteiger partial charge in [0.25, 0.3) is 5.56 Å². The normalized spacial score (nSPS) is 16.2. The first-order valence-electron chi connectivity index (χ1n) is 8.08. The van der Waals surface area contributed by atoms with Gasteiger partial charge in [-0.05, 0) is 50.0 Å². The van der Waals surface area contributed by atoms with Crippen LogP contribution < -0.4 is 10.3 Å². The second-order valence-electron chi connectivity index (χ2n) is 6.13. The lowest BCUT2D eigenvalue weighted by Gasteiger charge is -2.31. The van der Waals surface area contributed by atoms with Gasteiger partial charge < -0.3 is 9.72 Å². The van der Waals surface area contributed by atoms with Crippen LogP contribution in [0.1, 0.15) is 18.4 Å². The Bertz CT molecular complexity index is 740. The third-order valence-corrected chi connectivity index (χ3v) is 4.37. The first kappa shape index (κ1) is 16.6. The highest BCUT2D eigenvalue weighted by atomic mass is 19.1. The highest BCUT2D eigenvalue weighted by molar-refractivity contribution is 5.24. The summed E-state index contributed by atoms with van der Waals surface area (Å²) in [5.41, 5.74) is 0.707. The average molecular weight is 334 g/mol. The van der Waals surface area contributed by atoms with Crippen molar-refractivity contribution in [1.29, 1.82) is 0 Å². The minimum atomic E-state index is -0.544. The van der Waals surface area contributed by atoms with E-state index in [1.165, 1.54) is 0 Å². The Morgan fingerprint density at radius 1 is 1.21 bits per heavy atom. The van der Waals surface area contributed by atoms with Gasteiger partial charge >= 0.3 is 0 Å². The van der Waals surface area contributed by atoms with Crippen molar-refractivity contribution in [3.05, 3.63) is 64.1 Å². The number of H-pyrrole nitrogens is 1. The minimum Gasteiger partial charge on any atom is -0.490 e. The highest BCUT2D eigenvalue weighted by Crippen LogP contribution is 2.22. The molecule has 1 saturated heterocycles. The minimum absolute atomic E-state index is 0.0340. The predicted molar refractivity (Wildman–Crippen MR) is 86.9 cm³/mol. The zero-order valence-corrected chi connectivity index (χ0v) is 13.3. The van der Waals surface area contributed by atoms with Crippen LogP contribution in [0.2, 0.25) is 0 Å². The van der Waals surface area contributed by atoms with Crippen LogP contribution in [-0.2, 0) is 6.54 Å². The van der Waals surface area contributed by atoms with Gasteiger partial charge in [0.2, 0.25) is 0 Å². The maximum absolute atomic E-state index is 13.5. The van der Waals surface area contributed by atoms with E-state index in [2.05, 4.69) is 9.88 Å². The van der Waals surface area contributed by atoms with Crippen LogP contribution >= 0.6 is 0 Å². The smallest absolute Gasteiger partial charge is 0.252 e. The van der Waals surface area contributed by atoms with Gasteiger partial charge in [-0.3, -0.25) is 9.69 Å². The maximum atomic E-state index is 13.5. The number of pyridine rings is 1. The Balaban J connectivity index is 1.48. The summed E-state index contributed by atoms with van der Waals surface area (Å²) < 4.78 is 32.1. The number of likely N-dealkylation sites (tertiary alicyclic amines) is 1. The van der Waals surface area contributed by atoms with Crippen molar-refractivity contribution in [3.8, 4) is 5.75 Å². The largest absolute Gasteiger partial charge is 0.490 e. The molecule has 0 unspecified atom stereocenters. The van der Waals surface area contributed by atoms with Gasteiger partial charge in [-0.25, -0.2) is 8.78 Å². The summed E-state index contributed by atoms with van der Waals surface area (Å²) in [6.07, 6.45) is 3.43. The number of benzene rings is 1. The summed E-state index contributed by atoms with van der Waals surface area (Å²) in [6, 6.07) is 6.88. The Kier molecular flexibility index (Phi) is 5.25. The van der Waals surface area contributed by atoms with E-state index < -0.39 is 11.6 Å². The lowest BCUT2D eigenvalue weighted by Crippen LogP contribution is -2.36. The lowest BCUT2D eigenvalue weighted by atomic mass is 9.97. The molecule has 0 radical (unpaired) electrons. The summed E-state index contributed by atoms with van der Waals surface area (Å²) in [7, 11) is 0. The summed E-state index contributed by atoms with van der Waals surface area (Å²) in [5, 5.41) is 0. The van der Waals surface area contributed by atoms with Gasteiger partial charge in [0.05, 0.1) is 6.61 Å². The predicted octanol–water partition coefficient (Wildman–Crippen LogP) is 2.94. The van der Waals surface area contributed by atoms with E-state index in [1.54, 1.807) is 6.20 Å². The number of nitrogens with zero attached hydrogens (tertiary/aromatic N) is 1. The number of rotatable bonds is 5. The van der Waals surface area contributed by atoms with Crippen molar-refractivity contribution in [2.45, 2.75) is 19.4 Å². The Morgan fingerprint density at radius 3 is 2.75 bits per heavy atom. The van der Waals surface area contributed by atoms with Gasteiger partial charge in [-0.2, -0.15) is 0 Å². The van der Waals surface area contributed by atoms with E-state index in [-0.39, 0.29) is 11.3 Å². The number of ether oxygens (including phenoxy) is 1. The summed E-state index contributed by atoms with van der Waals surface area (Å²) in [6.45, 7) is 2.71. The lowest BCUT2D eigenvalue weighted by molar-refractivity contribution is 0.134. The first-order valence-corrected chi connectivity index (χ1v) is 8.08. The van der Waals surface area contributed by atoms with Gasteiger partial charge in [-0.15, -0.1) is 0 Å². The molecule has 1 N–H and O–H groups in total. The first-order chi connectivity index (χ1) is 11.6. The summed E-state index contributed by atoms with van der Waals surface area (Å²) >= 11 is 0. The fourth-order valence-corrected chi connectivity index (χ4v) is 2.93. The molecule has 0 atom stereocenters. The zero-order chi connectivity index (χ0) is 16.9. The molecule has 2 heterocycles. The molecular formula is C18H20F2N2O2. The van der Waals surface area contributed by atoms with Gasteiger partial charge in [0.15, 0.2) is 11.6 Å². The van der Waals surface area contributed by atoms with Crippen LogP contribution in [0.15, 0.2) is 41.3 Å². The molecule has 2 aromatic rings. The van der Waals surface area contributed by atoms with Crippen molar-refractivity contribution in [3.63, 3.8) is 0 Å². The summed E-state index contributed by atoms with van der Waals surface area (Å²) in [5.74, 6) is -0.780. The van der Waals surface area contributed by atoms with Crippen LogP contribution in [0.3, 0.4) is 0 Å². The van der Waals surface area contributed by atoms with Crippen molar-refractivity contribution in [2.75, 3.05) is 19.7 Å². The molecule has 1 fully saturated rings. The molecule has 4 nitrogen and oxygen atoms in total. The second kappa shape index (κ2) is 7.57. The SMILES string of the molecule is O=c1[nH]cccc1CN1CCC(COc2cc(F)ccc2F)CC1. The molecule has 6 heteroatoms. The topological polar surface area (TPSA) is 45.3 Å². The Labute approximate surface area is 139 Å². The third-order valence-electron chi connectivity index (χ3n) is 4.37. The monoisotopic (exact) mass is 334 g/mol. The van der Waals surface area contributed by atoms with Crippen molar-refractivity contribution in [1.82, 2.24) is 9.88 Å². The molecular weight excluding hydrogens is 314 g/mol. The molecule has 0 saturated carbocycles. The van der Waals surface area contributed by atoms with E-state index in [1.807, 2.05) is 12.1 Å². The Morgan fingerprint density at radius 2 is 2.00 bits per heavy atom. The summed E-state index contributed by atoms with van der Waals surface area (Å²) in [4.78, 5) is 16.6. The highest BCUT2D eigenvalue weighted by Gasteiger charge is 2.21.